The molecule has 3 aromatic rings. The molecule has 1 saturated carbocycles. The van der Waals surface area contributed by atoms with Gasteiger partial charge in [0, 0.05) is 31.2 Å². The van der Waals surface area contributed by atoms with E-state index in [1.165, 1.54) is 0 Å². The van der Waals surface area contributed by atoms with Crippen molar-refractivity contribution in [2.45, 2.75) is 32.4 Å². The number of fused-ring (bicyclic) bond motifs is 2. The fourth-order valence-electron chi connectivity index (χ4n) is 5.53. The van der Waals surface area contributed by atoms with Gasteiger partial charge in [0.2, 0.25) is 0 Å². The summed E-state index contributed by atoms with van der Waals surface area (Å²) in [6, 6.07) is 8.40. The molecule has 6 rings (SSSR count). The molecule has 172 valence electrons. The molecule has 4 atom stereocenters. The van der Waals surface area contributed by atoms with Crippen LogP contribution in [0.25, 0.3) is 0 Å². The first-order valence-corrected chi connectivity index (χ1v) is 11.7. The zero-order valence-corrected chi connectivity index (χ0v) is 19.0. The summed E-state index contributed by atoms with van der Waals surface area (Å²) in [4.78, 5) is 24.1. The van der Waals surface area contributed by atoms with Gasteiger partial charge in [0.1, 0.15) is 11.6 Å². The molecule has 1 saturated heterocycles. The third-order valence-electron chi connectivity index (χ3n) is 7.56. The Morgan fingerprint density at radius 3 is 2.88 bits per heavy atom. The van der Waals surface area contributed by atoms with Gasteiger partial charge in [0.15, 0.2) is 0 Å². The molecule has 34 heavy (non-hydrogen) atoms. The lowest BCUT2D eigenvalue weighted by molar-refractivity contribution is 0.0936. The summed E-state index contributed by atoms with van der Waals surface area (Å²) in [6.07, 6.45) is 6.70. The Balaban J connectivity index is 1.10. The van der Waals surface area contributed by atoms with Gasteiger partial charge in [-0.2, -0.15) is 10.4 Å². The third-order valence-corrected chi connectivity index (χ3v) is 7.56. The molecular formula is C25H26N8O. The topological polar surface area (TPSA) is 126 Å². The molecule has 4 heterocycles. The van der Waals surface area contributed by atoms with E-state index in [-0.39, 0.29) is 17.9 Å². The maximum Gasteiger partial charge on any atom is 0.254 e. The van der Waals surface area contributed by atoms with Gasteiger partial charge in [-0.25, -0.2) is 9.97 Å². The van der Waals surface area contributed by atoms with Gasteiger partial charge in [-0.15, -0.1) is 0 Å². The van der Waals surface area contributed by atoms with Gasteiger partial charge in [0.25, 0.3) is 5.91 Å². The van der Waals surface area contributed by atoms with Crippen LogP contribution in [0.4, 0.5) is 11.6 Å². The van der Waals surface area contributed by atoms with E-state index >= 15 is 0 Å². The molecule has 1 aliphatic heterocycles. The van der Waals surface area contributed by atoms with Crippen LogP contribution in [-0.4, -0.2) is 38.7 Å². The van der Waals surface area contributed by atoms with E-state index < -0.39 is 0 Å². The van der Waals surface area contributed by atoms with Gasteiger partial charge in [-0.05, 0) is 60.4 Å². The number of anilines is 2. The monoisotopic (exact) mass is 454 g/mol. The van der Waals surface area contributed by atoms with Crippen molar-refractivity contribution in [3.05, 3.63) is 64.7 Å². The number of aromatic nitrogens is 4. The molecule has 3 aliphatic rings. The Hall–Kier alpha value is -3.93. The first-order valence-electron chi connectivity index (χ1n) is 11.7. The minimum Gasteiger partial charge on any atom is -0.383 e. The summed E-state index contributed by atoms with van der Waals surface area (Å²) in [5.41, 5.74) is 10.6. The first-order chi connectivity index (χ1) is 16.5. The second-order valence-electron chi connectivity index (χ2n) is 9.56. The minimum atomic E-state index is -0.145. The summed E-state index contributed by atoms with van der Waals surface area (Å²) >= 11 is 0. The number of hydrogen-bond acceptors (Lipinski definition) is 7. The number of nitriles is 1. The lowest BCUT2D eigenvalue weighted by atomic mass is 10.1. The highest BCUT2D eigenvalue weighted by Gasteiger charge is 2.56. The number of carbonyl (C=O) groups is 1. The van der Waals surface area contributed by atoms with Crippen LogP contribution in [0.1, 0.15) is 45.2 Å². The van der Waals surface area contributed by atoms with Gasteiger partial charge >= 0.3 is 0 Å². The number of nitrogens with zero attached hydrogens (tertiary/aromatic N) is 6. The molecule has 9 heteroatoms. The number of piperidine rings is 1. The molecule has 0 unspecified atom stereocenters. The van der Waals surface area contributed by atoms with Crippen molar-refractivity contribution in [3.8, 4) is 6.07 Å². The molecule has 3 N–H and O–H groups in total. The first kappa shape index (κ1) is 20.7. The van der Waals surface area contributed by atoms with Gasteiger partial charge < -0.3 is 16.0 Å². The summed E-state index contributed by atoms with van der Waals surface area (Å²) in [5.74, 6) is 2.62. The standard InChI is InChI=1S/C25H26N8O/c1-14-15(2-5-23(30-14)32-12-20-19(8-26)21(20)13-32)10-33-11-16(9-29-33)25(34)31-22-4-3-18-17(22)6-7-28-24(18)27/h2,5-7,9,11,19-22H,3-4,10,12-13H2,1H3,(H2,27,28)(H,31,34)/t19-,20+,21-,22-/m1/s1. The van der Waals surface area contributed by atoms with Gasteiger partial charge in [-0.3, -0.25) is 9.48 Å². The van der Waals surface area contributed by atoms with Crippen LogP contribution >= 0.6 is 0 Å². The average molecular weight is 455 g/mol. The van der Waals surface area contributed by atoms with Crippen molar-refractivity contribution >= 4 is 17.5 Å². The van der Waals surface area contributed by atoms with E-state index in [9.17, 15) is 4.79 Å². The Kier molecular flexibility index (Phi) is 4.76. The minimum absolute atomic E-state index is 0.0600. The number of carbonyl (C=O) groups excluding carboxylic acids is 1. The molecule has 0 radical (unpaired) electrons. The summed E-state index contributed by atoms with van der Waals surface area (Å²) in [6.45, 7) is 4.38. The van der Waals surface area contributed by atoms with Crippen LogP contribution in [0.3, 0.4) is 0 Å². The predicted octanol–water partition coefficient (Wildman–Crippen LogP) is 2.24. The van der Waals surface area contributed by atoms with Crippen LogP contribution < -0.4 is 16.0 Å². The molecule has 0 bridgehead atoms. The number of hydrogen-bond donors (Lipinski definition) is 2. The maximum absolute atomic E-state index is 12.8. The summed E-state index contributed by atoms with van der Waals surface area (Å²) in [5, 5.41) is 16.6. The van der Waals surface area contributed by atoms with Crippen molar-refractivity contribution in [1.82, 2.24) is 25.1 Å². The number of rotatable bonds is 5. The Morgan fingerprint density at radius 2 is 2.12 bits per heavy atom. The van der Waals surface area contributed by atoms with E-state index in [1.54, 1.807) is 23.3 Å². The molecule has 9 nitrogen and oxygen atoms in total. The summed E-state index contributed by atoms with van der Waals surface area (Å²) < 4.78 is 1.77. The fraction of sp³-hybridized carbons (Fsp3) is 0.400. The molecule has 0 aromatic carbocycles. The molecule has 2 fully saturated rings. The van der Waals surface area contributed by atoms with E-state index in [0.717, 1.165) is 54.1 Å². The number of nitrogen functional groups attached to an aromatic ring is 1. The molecular weight excluding hydrogens is 428 g/mol. The van der Waals surface area contributed by atoms with Crippen LogP contribution in [0.2, 0.25) is 0 Å². The normalized spacial score (nSPS) is 24.4. The molecule has 1 amide bonds. The molecule has 0 spiro atoms. The molecule has 3 aromatic heterocycles. The zero-order valence-electron chi connectivity index (χ0n) is 19.0. The fourth-order valence-corrected chi connectivity index (χ4v) is 5.53. The van der Waals surface area contributed by atoms with Gasteiger partial charge in [-0.1, -0.05) is 6.07 Å². The van der Waals surface area contributed by atoms with E-state index in [1.807, 2.05) is 19.1 Å². The third kappa shape index (κ3) is 3.46. The zero-order chi connectivity index (χ0) is 23.4. The Labute approximate surface area is 197 Å². The highest BCUT2D eigenvalue weighted by Crippen LogP contribution is 2.51. The number of amides is 1. The van der Waals surface area contributed by atoms with Crippen molar-refractivity contribution in [2.75, 3.05) is 23.7 Å². The van der Waals surface area contributed by atoms with Crippen LogP contribution in [0, 0.1) is 36.0 Å². The highest BCUT2D eigenvalue weighted by atomic mass is 16.1. The second-order valence-corrected chi connectivity index (χ2v) is 9.56. The van der Waals surface area contributed by atoms with Crippen LogP contribution in [0.15, 0.2) is 36.8 Å². The average Bonchev–Trinajstić information content (AvgIpc) is 3.27. The number of pyridine rings is 2. The summed E-state index contributed by atoms with van der Waals surface area (Å²) in [7, 11) is 0. The van der Waals surface area contributed by atoms with Crippen molar-refractivity contribution < 1.29 is 4.79 Å². The van der Waals surface area contributed by atoms with Crippen LogP contribution in [-0.2, 0) is 13.0 Å². The predicted molar refractivity (Wildman–Crippen MR) is 126 cm³/mol. The maximum atomic E-state index is 12.8. The van der Waals surface area contributed by atoms with E-state index in [2.05, 4.69) is 32.4 Å². The SMILES string of the molecule is Cc1nc(N2C[C@@H]3[C@H](C#N)[C@@H]3C2)ccc1Cn1cc(C(=O)N[C@@H]2CCc3c2ccnc3N)cn1. The van der Waals surface area contributed by atoms with Crippen LogP contribution in [0.5, 0.6) is 0 Å². The number of aryl methyl sites for hydroxylation is 1. The van der Waals surface area contributed by atoms with E-state index in [4.69, 9.17) is 16.0 Å². The lowest BCUT2D eigenvalue weighted by Gasteiger charge is -2.21. The second kappa shape index (κ2) is 7.83. The lowest BCUT2D eigenvalue weighted by Crippen LogP contribution is -2.26. The van der Waals surface area contributed by atoms with Gasteiger partial charge in [0.05, 0.1) is 36.3 Å². The number of nitrogens with two attached hydrogens (primary N) is 1. The quantitative estimate of drug-likeness (QED) is 0.605. The largest absolute Gasteiger partial charge is 0.383 e. The van der Waals surface area contributed by atoms with E-state index in [0.29, 0.717) is 29.8 Å². The molecule has 2 aliphatic carbocycles. The van der Waals surface area contributed by atoms with Crippen molar-refractivity contribution in [2.24, 2.45) is 17.8 Å². The Bertz CT molecular complexity index is 1310. The highest BCUT2D eigenvalue weighted by molar-refractivity contribution is 5.94. The van der Waals surface area contributed by atoms with Crippen molar-refractivity contribution in [3.63, 3.8) is 0 Å². The Morgan fingerprint density at radius 1 is 1.29 bits per heavy atom. The smallest absolute Gasteiger partial charge is 0.254 e. The number of nitrogens with one attached hydrogen (secondary N) is 1. The van der Waals surface area contributed by atoms with Crippen molar-refractivity contribution in [1.29, 1.82) is 5.26 Å².